The fraction of sp³-hybridized carbons (Fsp3) is 0. The first kappa shape index (κ1) is 10.2. The SMILES string of the molecule is O=S(=O)(F)/C=C/c1ccccc1Cl. The highest BCUT2D eigenvalue weighted by Gasteiger charge is 2.00. The monoisotopic (exact) mass is 220 g/mol. The summed E-state index contributed by atoms with van der Waals surface area (Å²) in [7, 11) is -4.58. The van der Waals surface area contributed by atoms with Crippen molar-refractivity contribution in [2.24, 2.45) is 0 Å². The molecule has 0 N–H and O–H groups in total. The second-order valence-corrected chi connectivity index (χ2v) is 3.93. The molecule has 13 heavy (non-hydrogen) atoms. The highest BCUT2D eigenvalue weighted by molar-refractivity contribution is 7.89. The Morgan fingerprint density at radius 2 is 1.92 bits per heavy atom. The third kappa shape index (κ3) is 3.57. The first-order valence-electron chi connectivity index (χ1n) is 3.36. The first-order chi connectivity index (χ1) is 5.99. The summed E-state index contributed by atoms with van der Waals surface area (Å²) < 4.78 is 32.3. The Hall–Kier alpha value is -0.870. The molecule has 0 atom stereocenters. The van der Waals surface area contributed by atoms with Crippen LogP contribution in [-0.4, -0.2) is 8.42 Å². The molecule has 0 amide bonds. The van der Waals surface area contributed by atoms with Gasteiger partial charge in [0.15, 0.2) is 0 Å². The summed E-state index contributed by atoms with van der Waals surface area (Å²) >= 11 is 5.68. The fourth-order valence-electron chi connectivity index (χ4n) is 0.765. The molecule has 1 rings (SSSR count). The van der Waals surface area contributed by atoms with Crippen LogP contribution in [0.3, 0.4) is 0 Å². The smallest absolute Gasteiger partial charge is 0.190 e. The molecule has 0 unspecified atom stereocenters. The van der Waals surface area contributed by atoms with E-state index in [0.29, 0.717) is 16.0 Å². The molecule has 0 aromatic heterocycles. The zero-order chi connectivity index (χ0) is 9.90. The summed E-state index contributed by atoms with van der Waals surface area (Å²) in [5.41, 5.74) is 0.463. The molecule has 0 bridgehead atoms. The van der Waals surface area contributed by atoms with E-state index < -0.39 is 10.2 Å². The van der Waals surface area contributed by atoms with Crippen LogP contribution >= 0.6 is 11.6 Å². The molecule has 70 valence electrons. The normalized spacial score (nSPS) is 12.2. The summed E-state index contributed by atoms with van der Waals surface area (Å²) in [6.07, 6.45) is 1.11. The number of hydrogen-bond donors (Lipinski definition) is 0. The van der Waals surface area contributed by atoms with Gasteiger partial charge in [-0.1, -0.05) is 29.8 Å². The third-order valence-corrected chi connectivity index (χ3v) is 2.12. The first-order valence-corrected chi connectivity index (χ1v) is 5.19. The summed E-state index contributed by atoms with van der Waals surface area (Å²) in [5.74, 6) is 0. The van der Waals surface area contributed by atoms with Gasteiger partial charge >= 0.3 is 10.2 Å². The topological polar surface area (TPSA) is 34.1 Å². The van der Waals surface area contributed by atoms with E-state index in [1.807, 2.05) is 0 Å². The van der Waals surface area contributed by atoms with Gasteiger partial charge in [0, 0.05) is 5.02 Å². The van der Waals surface area contributed by atoms with Crippen LogP contribution in [0.15, 0.2) is 29.7 Å². The standard InChI is InChI=1S/C8H6ClFO2S/c9-8-4-2-1-3-7(8)5-6-13(10,11)12/h1-6H/b6-5+. The fourth-order valence-corrected chi connectivity index (χ4v) is 1.27. The lowest BCUT2D eigenvalue weighted by Crippen LogP contribution is -1.81. The number of rotatable bonds is 2. The minimum absolute atomic E-state index is 0.377. The molecule has 0 heterocycles. The van der Waals surface area contributed by atoms with E-state index in [-0.39, 0.29) is 0 Å². The van der Waals surface area contributed by atoms with Crippen LogP contribution in [0.2, 0.25) is 5.02 Å². The van der Waals surface area contributed by atoms with Crippen LogP contribution in [0, 0.1) is 0 Å². The molecule has 0 aliphatic rings. The molecule has 1 aromatic carbocycles. The van der Waals surface area contributed by atoms with Crippen LogP contribution in [-0.2, 0) is 10.2 Å². The van der Waals surface area contributed by atoms with Crippen LogP contribution in [0.4, 0.5) is 3.89 Å². The van der Waals surface area contributed by atoms with E-state index in [1.165, 1.54) is 0 Å². The van der Waals surface area contributed by atoms with Gasteiger partial charge in [-0.15, -0.1) is 3.89 Å². The van der Waals surface area contributed by atoms with Crippen molar-refractivity contribution in [2.75, 3.05) is 0 Å². The van der Waals surface area contributed by atoms with E-state index in [2.05, 4.69) is 0 Å². The predicted octanol–water partition coefficient (Wildman–Crippen LogP) is 2.61. The molecule has 0 saturated heterocycles. The Morgan fingerprint density at radius 3 is 2.46 bits per heavy atom. The third-order valence-electron chi connectivity index (χ3n) is 1.32. The molecule has 0 spiro atoms. The van der Waals surface area contributed by atoms with Gasteiger partial charge in [0.1, 0.15) is 0 Å². The number of hydrogen-bond acceptors (Lipinski definition) is 2. The minimum atomic E-state index is -4.58. The van der Waals surface area contributed by atoms with Crippen molar-refractivity contribution in [1.29, 1.82) is 0 Å². The van der Waals surface area contributed by atoms with Gasteiger partial charge in [-0.3, -0.25) is 0 Å². The van der Waals surface area contributed by atoms with Crippen LogP contribution in [0.5, 0.6) is 0 Å². The van der Waals surface area contributed by atoms with Crippen molar-refractivity contribution in [2.45, 2.75) is 0 Å². The molecule has 0 fully saturated rings. The van der Waals surface area contributed by atoms with Crippen molar-refractivity contribution in [1.82, 2.24) is 0 Å². The summed E-state index contributed by atoms with van der Waals surface area (Å²) in [6, 6.07) is 6.55. The van der Waals surface area contributed by atoms with Crippen molar-refractivity contribution >= 4 is 27.9 Å². The lowest BCUT2D eigenvalue weighted by molar-refractivity contribution is 0.563. The molecule has 1 aromatic rings. The maximum Gasteiger partial charge on any atom is 0.325 e. The summed E-state index contributed by atoms with van der Waals surface area (Å²) in [6.45, 7) is 0. The summed E-state index contributed by atoms with van der Waals surface area (Å²) in [4.78, 5) is 0. The number of halogens is 2. The Morgan fingerprint density at radius 1 is 1.31 bits per heavy atom. The lowest BCUT2D eigenvalue weighted by Gasteiger charge is -1.94. The maximum absolute atomic E-state index is 12.0. The van der Waals surface area contributed by atoms with Crippen LogP contribution in [0.25, 0.3) is 6.08 Å². The largest absolute Gasteiger partial charge is 0.325 e. The van der Waals surface area contributed by atoms with Crippen molar-refractivity contribution in [3.05, 3.63) is 40.3 Å². The average molecular weight is 221 g/mol. The second kappa shape index (κ2) is 3.89. The van der Waals surface area contributed by atoms with E-state index >= 15 is 0 Å². The van der Waals surface area contributed by atoms with E-state index in [9.17, 15) is 12.3 Å². The predicted molar refractivity (Wildman–Crippen MR) is 50.5 cm³/mol. The molecular weight excluding hydrogens is 215 g/mol. The van der Waals surface area contributed by atoms with Gasteiger partial charge < -0.3 is 0 Å². The Balaban J connectivity index is 3.00. The molecule has 0 aliphatic carbocycles. The zero-order valence-electron chi connectivity index (χ0n) is 6.44. The Kier molecular flexibility index (Phi) is 3.06. The zero-order valence-corrected chi connectivity index (χ0v) is 8.02. The van der Waals surface area contributed by atoms with Crippen LogP contribution in [0.1, 0.15) is 5.56 Å². The van der Waals surface area contributed by atoms with E-state index in [4.69, 9.17) is 11.6 Å². The molecule has 2 nitrogen and oxygen atoms in total. The average Bonchev–Trinajstić information content (AvgIpc) is 2.01. The van der Waals surface area contributed by atoms with Gasteiger partial charge in [0.05, 0.1) is 5.41 Å². The molecule has 0 aliphatic heterocycles. The van der Waals surface area contributed by atoms with E-state index in [0.717, 1.165) is 6.08 Å². The van der Waals surface area contributed by atoms with Gasteiger partial charge in [-0.25, -0.2) is 0 Å². The van der Waals surface area contributed by atoms with Crippen molar-refractivity contribution < 1.29 is 12.3 Å². The minimum Gasteiger partial charge on any atom is -0.190 e. The molecular formula is C8H6ClFO2S. The maximum atomic E-state index is 12.0. The molecule has 0 radical (unpaired) electrons. The van der Waals surface area contributed by atoms with Crippen molar-refractivity contribution in [3.8, 4) is 0 Å². The molecule has 5 heteroatoms. The quantitative estimate of drug-likeness (QED) is 0.718. The second-order valence-electron chi connectivity index (χ2n) is 2.30. The van der Waals surface area contributed by atoms with Gasteiger partial charge in [0.25, 0.3) is 0 Å². The van der Waals surface area contributed by atoms with Gasteiger partial charge in [-0.05, 0) is 17.7 Å². The van der Waals surface area contributed by atoms with E-state index in [1.54, 1.807) is 24.3 Å². The highest BCUT2D eigenvalue weighted by Crippen LogP contribution is 2.16. The summed E-state index contributed by atoms with van der Waals surface area (Å²) in [5, 5.41) is 0.844. The van der Waals surface area contributed by atoms with Gasteiger partial charge in [0.2, 0.25) is 0 Å². The Bertz CT molecular complexity index is 426. The van der Waals surface area contributed by atoms with Crippen LogP contribution < -0.4 is 0 Å². The van der Waals surface area contributed by atoms with Crippen molar-refractivity contribution in [3.63, 3.8) is 0 Å². The molecule has 0 saturated carbocycles. The lowest BCUT2D eigenvalue weighted by atomic mass is 10.2. The Labute approximate surface area is 80.9 Å². The number of benzene rings is 1. The van der Waals surface area contributed by atoms with Gasteiger partial charge in [-0.2, -0.15) is 8.42 Å². The highest BCUT2D eigenvalue weighted by atomic mass is 35.5.